The number of aryl methyl sites for hydroxylation is 1. The lowest BCUT2D eigenvalue weighted by Crippen LogP contribution is -2.27. The van der Waals surface area contributed by atoms with E-state index in [0.29, 0.717) is 27.5 Å². The minimum Gasteiger partial charge on any atom is -0.448 e. The summed E-state index contributed by atoms with van der Waals surface area (Å²) in [4.78, 5) is 46.2. The SMILES string of the molecule is O=C(Cn1cnc2c(oc3ccccc32)c1=O)Nc1nc2c(s1)C(=O)CCC2. The monoisotopic (exact) mass is 394 g/mol. The first kappa shape index (κ1) is 16.8. The molecule has 1 N–H and O–H groups in total. The van der Waals surface area contributed by atoms with Crippen molar-refractivity contribution in [3.63, 3.8) is 0 Å². The second kappa shape index (κ2) is 6.38. The molecule has 1 aliphatic rings. The van der Waals surface area contributed by atoms with Crippen LogP contribution in [0.15, 0.2) is 39.8 Å². The molecule has 4 aromatic rings. The van der Waals surface area contributed by atoms with Gasteiger partial charge in [-0.05, 0) is 25.0 Å². The predicted octanol–water partition coefficient (Wildman–Crippen LogP) is 2.76. The van der Waals surface area contributed by atoms with Gasteiger partial charge in [0.05, 0.1) is 16.9 Å². The first-order valence-electron chi connectivity index (χ1n) is 8.79. The van der Waals surface area contributed by atoms with Gasteiger partial charge in [0.15, 0.2) is 10.9 Å². The van der Waals surface area contributed by atoms with Gasteiger partial charge in [-0.1, -0.05) is 23.5 Å². The molecule has 9 heteroatoms. The Kier molecular flexibility index (Phi) is 3.83. The largest absolute Gasteiger partial charge is 0.448 e. The van der Waals surface area contributed by atoms with Crippen LogP contribution in [0.4, 0.5) is 5.13 Å². The van der Waals surface area contributed by atoms with Crippen LogP contribution in [-0.2, 0) is 17.8 Å². The molecule has 1 aromatic carbocycles. The number of para-hydroxylation sites is 1. The Bertz CT molecular complexity index is 1320. The molecule has 1 aliphatic carbocycles. The van der Waals surface area contributed by atoms with E-state index in [0.717, 1.165) is 23.9 Å². The zero-order valence-corrected chi connectivity index (χ0v) is 15.4. The van der Waals surface area contributed by atoms with Crippen molar-refractivity contribution in [3.8, 4) is 0 Å². The highest BCUT2D eigenvalue weighted by molar-refractivity contribution is 7.17. The lowest BCUT2D eigenvalue weighted by atomic mass is 10.0. The maximum Gasteiger partial charge on any atom is 0.297 e. The molecule has 0 unspecified atom stereocenters. The minimum absolute atomic E-state index is 0.0648. The van der Waals surface area contributed by atoms with E-state index in [2.05, 4.69) is 15.3 Å². The molecule has 8 nitrogen and oxygen atoms in total. The average Bonchev–Trinajstić information content (AvgIpc) is 3.26. The fourth-order valence-electron chi connectivity index (χ4n) is 3.36. The number of hydrogen-bond donors (Lipinski definition) is 1. The maximum absolute atomic E-state index is 12.7. The van der Waals surface area contributed by atoms with Crippen LogP contribution in [0.1, 0.15) is 28.2 Å². The summed E-state index contributed by atoms with van der Waals surface area (Å²) in [5, 5.41) is 3.79. The molecular weight excluding hydrogens is 380 g/mol. The number of hydrogen-bond acceptors (Lipinski definition) is 7. The van der Waals surface area contributed by atoms with Crippen LogP contribution in [0.2, 0.25) is 0 Å². The smallest absolute Gasteiger partial charge is 0.297 e. The zero-order valence-electron chi connectivity index (χ0n) is 14.6. The van der Waals surface area contributed by atoms with Crippen molar-refractivity contribution in [1.29, 1.82) is 0 Å². The lowest BCUT2D eigenvalue weighted by molar-refractivity contribution is -0.116. The van der Waals surface area contributed by atoms with Crippen molar-refractivity contribution in [2.75, 3.05) is 5.32 Å². The van der Waals surface area contributed by atoms with Crippen LogP contribution < -0.4 is 10.9 Å². The third-order valence-electron chi connectivity index (χ3n) is 4.68. The molecule has 0 bridgehead atoms. The van der Waals surface area contributed by atoms with Gasteiger partial charge in [0.2, 0.25) is 11.5 Å². The summed E-state index contributed by atoms with van der Waals surface area (Å²) in [5.74, 6) is -0.354. The third kappa shape index (κ3) is 2.71. The van der Waals surface area contributed by atoms with Gasteiger partial charge in [-0.2, -0.15) is 0 Å². The van der Waals surface area contributed by atoms with Gasteiger partial charge in [0, 0.05) is 11.8 Å². The molecule has 0 saturated heterocycles. The zero-order chi connectivity index (χ0) is 19.3. The molecule has 0 spiro atoms. The number of nitrogens with zero attached hydrogens (tertiary/aromatic N) is 3. The van der Waals surface area contributed by atoms with Crippen LogP contribution in [0.25, 0.3) is 22.1 Å². The quantitative estimate of drug-likeness (QED) is 0.573. The number of rotatable bonds is 3. The Hall–Kier alpha value is -3.33. The van der Waals surface area contributed by atoms with E-state index in [4.69, 9.17) is 4.42 Å². The number of aromatic nitrogens is 3. The van der Waals surface area contributed by atoms with Crippen LogP contribution in [0.3, 0.4) is 0 Å². The minimum atomic E-state index is -0.426. The molecule has 3 heterocycles. The molecule has 1 amide bonds. The summed E-state index contributed by atoms with van der Waals surface area (Å²) in [6, 6.07) is 7.25. The van der Waals surface area contributed by atoms with Gasteiger partial charge >= 0.3 is 0 Å². The van der Waals surface area contributed by atoms with Gasteiger partial charge in [-0.25, -0.2) is 9.97 Å². The third-order valence-corrected chi connectivity index (χ3v) is 5.73. The van der Waals surface area contributed by atoms with Crippen molar-refractivity contribution >= 4 is 50.2 Å². The summed E-state index contributed by atoms with van der Waals surface area (Å²) >= 11 is 1.18. The average molecular weight is 394 g/mol. The second-order valence-electron chi connectivity index (χ2n) is 6.57. The summed E-state index contributed by atoms with van der Waals surface area (Å²) < 4.78 is 6.81. The topological polar surface area (TPSA) is 107 Å². The Morgan fingerprint density at radius 1 is 1.25 bits per heavy atom. The number of thiazole rings is 1. The van der Waals surface area contributed by atoms with Gasteiger partial charge in [0.25, 0.3) is 5.56 Å². The lowest BCUT2D eigenvalue weighted by Gasteiger charge is -2.05. The van der Waals surface area contributed by atoms with E-state index >= 15 is 0 Å². The fourth-order valence-corrected chi connectivity index (χ4v) is 4.36. The Morgan fingerprint density at radius 3 is 2.96 bits per heavy atom. The highest BCUT2D eigenvalue weighted by atomic mass is 32.1. The van der Waals surface area contributed by atoms with Gasteiger partial charge in [-0.3, -0.25) is 19.0 Å². The Morgan fingerprint density at radius 2 is 2.11 bits per heavy atom. The van der Waals surface area contributed by atoms with Crippen molar-refractivity contribution < 1.29 is 14.0 Å². The number of carbonyl (C=O) groups is 2. The number of benzene rings is 1. The first-order valence-corrected chi connectivity index (χ1v) is 9.61. The number of Topliss-reactive ketones (excluding diaryl/α,β-unsaturated/α-hetero) is 1. The summed E-state index contributed by atoms with van der Waals surface area (Å²) in [6.45, 7) is -0.225. The molecular formula is C19H14N4O4S. The van der Waals surface area contributed by atoms with Crippen molar-refractivity contribution in [1.82, 2.24) is 14.5 Å². The van der Waals surface area contributed by atoms with E-state index in [1.165, 1.54) is 22.2 Å². The highest BCUT2D eigenvalue weighted by Crippen LogP contribution is 2.29. The van der Waals surface area contributed by atoms with Crippen molar-refractivity contribution in [2.45, 2.75) is 25.8 Å². The maximum atomic E-state index is 12.7. The molecule has 0 atom stereocenters. The normalized spacial score (nSPS) is 13.8. The molecule has 0 aliphatic heterocycles. The number of fused-ring (bicyclic) bond motifs is 4. The Balaban J connectivity index is 1.41. The molecule has 3 aromatic heterocycles. The number of ketones is 1. The number of amides is 1. The van der Waals surface area contributed by atoms with Crippen molar-refractivity contribution in [3.05, 3.63) is 51.5 Å². The van der Waals surface area contributed by atoms with Crippen LogP contribution in [0.5, 0.6) is 0 Å². The van der Waals surface area contributed by atoms with Gasteiger partial charge < -0.3 is 9.73 Å². The number of carbonyl (C=O) groups excluding carboxylic acids is 2. The first-order chi connectivity index (χ1) is 13.6. The van der Waals surface area contributed by atoms with Crippen molar-refractivity contribution in [2.24, 2.45) is 0 Å². The second-order valence-corrected chi connectivity index (χ2v) is 7.57. The number of anilines is 1. The number of nitrogens with one attached hydrogen (secondary N) is 1. The van der Waals surface area contributed by atoms with Gasteiger partial charge in [-0.15, -0.1) is 0 Å². The molecule has 140 valence electrons. The molecule has 0 radical (unpaired) electrons. The fraction of sp³-hybridized carbons (Fsp3) is 0.211. The van der Waals surface area contributed by atoms with E-state index in [1.54, 1.807) is 6.07 Å². The summed E-state index contributed by atoms with van der Waals surface area (Å²) in [6.07, 6.45) is 3.37. The number of furan rings is 1. The van der Waals surface area contributed by atoms with Crippen LogP contribution in [-0.4, -0.2) is 26.2 Å². The Labute approximate surface area is 161 Å². The van der Waals surface area contributed by atoms with E-state index in [1.807, 2.05) is 18.2 Å². The van der Waals surface area contributed by atoms with Crippen LogP contribution >= 0.6 is 11.3 Å². The standard InChI is InChI=1S/C19H14N4O4S/c24-12-6-3-5-11-17(12)28-19(21-11)22-14(25)8-23-9-20-15-10-4-1-2-7-13(10)27-16(15)18(23)26/h1-2,4,7,9H,3,5-6,8H2,(H,21,22,25). The summed E-state index contributed by atoms with van der Waals surface area (Å²) in [7, 11) is 0. The molecule has 5 rings (SSSR count). The van der Waals surface area contributed by atoms with E-state index < -0.39 is 11.5 Å². The predicted molar refractivity (Wildman–Crippen MR) is 104 cm³/mol. The summed E-state index contributed by atoms with van der Waals surface area (Å²) in [5.41, 5.74) is 1.47. The van der Waals surface area contributed by atoms with Gasteiger partial charge in [0.1, 0.15) is 17.6 Å². The van der Waals surface area contributed by atoms with E-state index in [-0.39, 0.29) is 17.9 Å². The highest BCUT2D eigenvalue weighted by Gasteiger charge is 2.23. The van der Waals surface area contributed by atoms with E-state index in [9.17, 15) is 14.4 Å². The van der Waals surface area contributed by atoms with Crippen LogP contribution in [0, 0.1) is 0 Å². The molecule has 28 heavy (non-hydrogen) atoms. The molecule has 0 fully saturated rings. The molecule has 0 saturated carbocycles.